The first-order valence-electron chi connectivity index (χ1n) is 3.88. The molecule has 1 aromatic rings. The van der Waals surface area contributed by atoms with Crippen LogP contribution in [0.5, 0.6) is 0 Å². The Labute approximate surface area is 69.8 Å². The molecule has 0 atom stereocenters. The molecule has 12 heavy (non-hydrogen) atoms. The van der Waals surface area contributed by atoms with Crippen molar-refractivity contribution in [3.05, 3.63) is 12.3 Å². The topological polar surface area (TPSA) is 64.2 Å². The molecule has 0 spiro atoms. The summed E-state index contributed by atoms with van der Waals surface area (Å²) in [4.78, 5) is 12.5. The summed E-state index contributed by atoms with van der Waals surface area (Å²) in [6.45, 7) is 1.56. The van der Waals surface area contributed by atoms with Gasteiger partial charge in [0.05, 0.1) is 6.20 Å². The molecular formula is C7H10N4O. The van der Waals surface area contributed by atoms with Gasteiger partial charge in [-0.05, 0) is 6.42 Å². The Morgan fingerprint density at radius 2 is 2.42 bits per heavy atom. The van der Waals surface area contributed by atoms with Crippen molar-refractivity contribution >= 4 is 11.8 Å². The molecule has 0 aromatic carbocycles. The van der Waals surface area contributed by atoms with Gasteiger partial charge in [-0.25, -0.2) is 9.48 Å². The predicted molar refractivity (Wildman–Crippen MR) is 43.8 cm³/mol. The molecule has 5 heteroatoms. The van der Waals surface area contributed by atoms with Crippen molar-refractivity contribution in [3.8, 4) is 0 Å². The number of primary amides is 1. The van der Waals surface area contributed by atoms with E-state index in [0.29, 0.717) is 6.54 Å². The molecule has 0 unspecified atom stereocenters. The fourth-order valence-electron chi connectivity index (χ4n) is 1.44. The third-order valence-corrected chi connectivity index (χ3v) is 1.99. The SMILES string of the molecule is NC(=O)N1CCCn2nccc21. The Balaban J connectivity index is 2.37. The lowest BCUT2D eigenvalue weighted by Crippen LogP contribution is -2.40. The summed E-state index contributed by atoms with van der Waals surface area (Å²) < 4.78 is 1.79. The zero-order valence-electron chi connectivity index (χ0n) is 6.60. The van der Waals surface area contributed by atoms with Crippen molar-refractivity contribution in [3.63, 3.8) is 0 Å². The summed E-state index contributed by atoms with van der Waals surface area (Å²) in [7, 11) is 0. The van der Waals surface area contributed by atoms with Gasteiger partial charge >= 0.3 is 6.03 Å². The van der Waals surface area contributed by atoms with E-state index in [1.54, 1.807) is 16.9 Å². The van der Waals surface area contributed by atoms with Gasteiger partial charge in [0.2, 0.25) is 0 Å². The van der Waals surface area contributed by atoms with Crippen LogP contribution < -0.4 is 10.6 Å². The van der Waals surface area contributed by atoms with E-state index in [0.717, 1.165) is 18.8 Å². The molecule has 0 aliphatic carbocycles. The minimum absolute atomic E-state index is 0.406. The number of anilines is 1. The Bertz CT molecular complexity index is 306. The van der Waals surface area contributed by atoms with Gasteiger partial charge in [0.15, 0.2) is 0 Å². The fourth-order valence-corrected chi connectivity index (χ4v) is 1.44. The van der Waals surface area contributed by atoms with Crippen molar-refractivity contribution in [2.75, 3.05) is 11.4 Å². The Kier molecular flexibility index (Phi) is 1.49. The highest BCUT2D eigenvalue weighted by Gasteiger charge is 2.20. The largest absolute Gasteiger partial charge is 0.351 e. The number of hydrogen-bond acceptors (Lipinski definition) is 2. The van der Waals surface area contributed by atoms with Crippen LogP contribution in [0.3, 0.4) is 0 Å². The molecule has 0 radical (unpaired) electrons. The second kappa shape index (κ2) is 2.51. The van der Waals surface area contributed by atoms with E-state index in [1.165, 1.54) is 4.90 Å². The monoisotopic (exact) mass is 166 g/mol. The molecule has 1 aliphatic heterocycles. The van der Waals surface area contributed by atoms with Crippen molar-refractivity contribution in [1.82, 2.24) is 9.78 Å². The lowest BCUT2D eigenvalue weighted by atomic mass is 10.3. The van der Waals surface area contributed by atoms with Gasteiger partial charge in [0.1, 0.15) is 5.82 Å². The number of rotatable bonds is 0. The van der Waals surface area contributed by atoms with Crippen LogP contribution >= 0.6 is 0 Å². The molecular weight excluding hydrogens is 156 g/mol. The molecule has 0 bridgehead atoms. The van der Waals surface area contributed by atoms with E-state index in [9.17, 15) is 4.79 Å². The van der Waals surface area contributed by atoms with Crippen LogP contribution in [0.15, 0.2) is 12.3 Å². The number of hydrogen-bond donors (Lipinski definition) is 1. The number of fused-ring (bicyclic) bond motifs is 1. The number of nitrogens with two attached hydrogens (primary N) is 1. The summed E-state index contributed by atoms with van der Waals surface area (Å²) in [5, 5.41) is 4.06. The molecule has 5 nitrogen and oxygen atoms in total. The average Bonchev–Trinajstić information content (AvgIpc) is 2.49. The highest BCUT2D eigenvalue weighted by atomic mass is 16.2. The first kappa shape index (κ1) is 7.15. The predicted octanol–water partition coefficient (Wildman–Crippen LogP) is 0.172. The summed E-state index contributed by atoms with van der Waals surface area (Å²) in [5.74, 6) is 0.800. The Hall–Kier alpha value is -1.52. The minimum Gasteiger partial charge on any atom is -0.351 e. The van der Waals surface area contributed by atoms with Crippen molar-refractivity contribution in [2.45, 2.75) is 13.0 Å². The molecule has 1 aromatic heterocycles. The van der Waals surface area contributed by atoms with Gasteiger partial charge in [-0.15, -0.1) is 0 Å². The molecule has 64 valence electrons. The molecule has 2 rings (SSSR count). The van der Waals surface area contributed by atoms with Gasteiger partial charge < -0.3 is 5.73 Å². The van der Waals surface area contributed by atoms with E-state index >= 15 is 0 Å². The summed E-state index contributed by atoms with van der Waals surface area (Å²) in [6.07, 6.45) is 2.59. The van der Waals surface area contributed by atoms with Crippen LogP contribution in [-0.2, 0) is 6.54 Å². The number of carbonyl (C=O) groups is 1. The van der Waals surface area contributed by atoms with Gasteiger partial charge in [0, 0.05) is 19.2 Å². The number of aromatic nitrogens is 2. The standard InChI is InChI=1S/C7H10N4O/c8-7(12)10-4-1-5-11-6(10)2-3-9-11/h2-3H,1,4-5H2,(H2,8,12). The Morgan fingerprint density at radius 3 is 3.17 bits per heavy atom. The normalized spacial score (nSPS) is 15.8. The maximum atomic E-state index is 10.9. The van der Waals surface area contributed by atoms with Crippen LogP contribution in [0.1, 0.15) is 6.42 Å². The molecule has 2 amide bonds. The molecule has 2 heterocycles. The van der Waals surface area contributed by atoms with E-state index in [-0.39, 0.29) is 0 Å². The number of amides is 2. The Morgan fingerprint density at radius 1 is 1.58 bits per heavy atom. The second-order valence-electron chi connectivity index (χ2n) is 2.76. The van der Waals surface area contributed by atoms with E-state index in [1.807, 2.05) is 0 Å². The fraction of sp³-hybridized carbons (Fsp3) is 0.429. The number of carbonyl (C=O) groups excluding carboxylic acids is 1. The highest BCUT2D eigenvalue weighted by Crippen LogP contribution is 2.18. The van der Waals surface area contributed by atoms with Crippen LogP contribution in [0.4, 0.5) is 10.6 Å². The van der Waals surface area contributed by atoms with Crippen LogP contribution in [-0.4, -0.2) is 22.4 Å². The second-order valence-corrected chi connectivity index (χ2v) is 2.76. The smallest absolute Gasteiger partial charge is 0.320 e. The zero-order valence-corrected chi connectivity index (χ0v) is 6.60. The lowest BCUT2D eigenvalue weighted by molar-refractivity contribution is 0.252. The zero-order chi connectivity index (χ0) is 8.55. The third kappa shape index (κ3) is 0.939. The summed E-state index contributed by atoms with van der Waals surface area (Å²) in [6, 6.07) is 1.39. The molecule has 2 N–H and O–H groups in total. The lowest BCUT2D eigenvalue weighted by Gasteiger charge is -2.25. The molecule has 1 aliphatic rings. The van der Waals surface area contributed by atoms with Crippen molar-refractivity contribution in [1.29, 1.82) is 0 Å². The van der Waals surface area contributed by atoms with E-state index in [4.69, 9.17) is 5.73 Å². The first-order valence-corrected chi connectivity index (χ1v) is 3.88. The van der Waals surface area contributed by atoms with Gasteiger partial charge in [-0.3, -0.25) is 4.90 Å². The molecule has 0 saturated carbocycles. The highest BCUT2D eigenvalue weighted by molar-refractivity contribution is 5.89. The first-order chi connectivity index (χ1) is 5.79. The van der Waals surface area contributed by atoms with Crippen LogP contribution in [0.2, 0.25) is 0 Å². The average molecular weight is 166 g/mol. The van der Waals surface area contributed by atoms with Crippen LogP contribution in [0, 0.1) is 0 Å². The van der Waals surface area contributed by atoms with Gasteiger partial charge in [-0.2, -0.15) is 5.10 Å². The van der Waals surface area contributed by atoms with Crippen molar-refractivity contribution < 1.29 is 4.79 Å². The third-order valence-electron chi connectivity index (χ3n) is 1.99. The number of nitrogens with zero attached hydrogens (tertiary/aromatic N) is 3. The maximum absolute atomic E-state index is 10.9. The number of urea groups is 1. The maximum Gasteiger partial charge on any atom is 0.320 e. The van der Waals surface area contributed by atoms with E-state index < -0.39 is 6.03 Å². The van der Waals surface area contributed by atoms with Gasteiger partial charge in [0.25, 0.3) is 0 Å². The van der Waals surface area contributed by atoms with Gasteiger partial charge in [-0.1, -0.05) is 0 Å². The summed E-state index contributed by atoms with van der Waals surface area (Å²) in [5.41, 5.74) is 5.19. The van der Waals surface area contributed by atoms with Crippen molar-refractivity contribution in [2.24, 2.45) is 5.73 Å². The van der Waals surface area contributed by atoms with E-state index in [2.05, 4.69) is 5.10 Å². The summed E-state index contributed by atoms with van der Waals surface area (Å²) >= 11 is 0. The molecule has 0 saturated heterocycles. The molecule has 0 fully saturated rings. The van der Waals surface area contributed by atoms with Crippen LogP contribution in [0.25, 0.3) is 0 Å². The quantitative estimate of drug-likeness (QED) is 0.597. The minimum atomic E-state index is -0.406. The number of aryl methyl sites for hydroxylation is 1.